The Bertz CT molecular complexity index is 585. The normalized spacial score (nSPS) is 11.9. The second-order valence-electron chi connectivity index (χ2n) is 6.35. The molecular formula is C16H23N3S. The summed E-state index contributed by atoms with van der Waals surface area (Å²) in [5, 5.41) is 9.00. The molecule has 108 valence electrons. The predicted molar refractivity (Wildman–Crippen MR) is 85.2 cm³/mol. The van der Waals surface area contributed by atoms with E-state index in [0.717, 1.165) is 10.9 Å². The SMILES string of the molecule is Cc1cc(C(C)(C)C)cc(C)c1CSc1nncn1C. The van der Waals surface area contributed by atoms with Crippen LogP contribution in [0, 0.1) is 13.8 Å². The molecule has 0 amide bonds. The molecule has 0 unspecified atom stereocenters. The molecule has 3 nitrogen and oxygen atoms in total. The van der Waals surface area contributed by atoms with Crippen LogP contribution in [0.3, 0.4) is 0 Å². The van der Waals surface area contributed by atoms with Crippen LogP contribution < -0.4 is 0 Å². The van der Waals surface area contributed by atoms with Gasteiger partial charge in [0.2, 0.25) is 0 Å². The van der Waals surface area contributed by atoms with Gasteiger partial charge in [-0.1, -0.05) is 44.7 Å². The van der Waals surface area contributed by atoms with Crippen LogP contribution in [0.1, 0.15) is 43.0 Å². The average Bonchev–Trinajstić information content (AvgIpc) is 2.72. The zero-order valence-corrected chi connectivity index (χ0v) is 14.0. The van der Waals surface area contributed by atoms with Gasteiger partial charge in [0.25, 0.3) is 0 Å². The zero-order valence-electron chi connectivity index (χ0n) is 13.2. The Kier molecular flexibility index (Phi) is 4.23. The summed E-state index contributed by atoms with van der Waals surface area (Å²) in [6.07, 6.45) is 1.74. The highest BCUT2D eigenvalue weighted by atomic mass is 32.2. The number of thioether (sulfide) groups is 1. The molecule has 0 atom stereocenters. The fraction of sp³-hybridized carbons (Fsp3) is 0.500. The van der Waals surface area contributed by atoms with Gasteiger partial charge in [0, 0.05) is 12.8 Å². The standard InChI is InChI=1S/C16H23N3S/c1-11-7-13(16(3,4)5)8-12(2)14(11)9-20-15-18-17-10-19(15)6/h7-8,10H,9H2,1-6H3. The van der Waals surface area contributed by atoms with E-state index in [1.807, 2.05) is 11.6 Å². The van der Waals surface area contributed by atoms with E-state index in [-0.39, 0.29) is 5.41 Å². The van der Waals surface area contributed by atoms with Crippen molar-refractivity contribution in [3.8, 4) is 0 Å². The Morgan fingerprint density at radius 2 is 1.75 bits per heavy atom. The first-order chi connectivity index (χ1) is 9.29. The number of hydrogen-bond acceptors (Lipinski definition) is 3. The molecule has 0 spiro atoms. The average molecular weight is 289 g/mol. The molecule has 20 heavy (non-hydrogen) atoms. The molecule has 1 heterocycles. The van der Waals surface area contributed by atoms with Gasteiger partial charge in [-0.05, 0) is 41.5 Å². The molecule has 0 N–H and O–H groups in total. The molecule has 1 aromatic heterocycles. The number of aromatic nitrogens is 3. The van der Waals surface area contributed by atoms with Gasteiger partial charge in [-0.25, -0.2) is 0 Å². The van der Waals surface area contributed by atoms with Crippen molar-refractivity contribution in [3.05, 3.63) is 40.7 Å². The Morgan fingerprint density at radius 1 is 1.15 bits per heavy atom. The van der Waals surface area contributed by atoms with Crippen molar-refractivity contribution in [1.29, 1.82) is 0 Å². The molecule has 2 rings (SSSR count). The van der Waals surface area contributed by atoms with Gasteiger partial charge in [0.1, 0.15) is 6.33 Å². The lowest BCUT2D eigenvalue weighted by Gasteiger charge is -2.22. The molecule has 0 aliphatic rings. The lowest BCUT2D eigenvalue weighted by molar-refractivity contribution is 0.589. The third-order valence-corrected chi connectivity index (χ3v) is 4.64. The number of hydrogen-bond donors (Lipinski definition) is 0. The van der Waals surface area contributed by atoms with Crippen LogP contribution in [0.5, 0.6) is 0 Å². The maximum atomic E-state index is 4.12. The molecule has 0 saturated heterocycles. The number of rotatable bonds is 3. The Morgan fingerprint density at radius 3 is 2.20 bits per heavy atom. The zero-order chi connectivity index (χ0) is 14.9. The first-order valence-electron chi connectivity index (χ1n) is 6.86. The van der Waals surface area contributed by atoms with Crippen LogP contribution in [0.15, 0.2) is 23.6 Å². The fourth-order valence-electron chi connectivity index (χ4n) is 2.19. The van der Waals surface area contributed by atoms with Gasteiger partial charge in [0.05, 0.1) is 0 Å². The van der Waals surface area contributed by atoms with E-state index in [1.165, 1.54) is 22.3 Å². The van der Waals surface area contributed by atoms with Crippen LogP contribution in [0.4, 0.5) is 0 Å². The van der Waals surface area contributed by atoms with Crippen LogP contribution in [0.2, 0.25) is 0 Å². The highest BCUT2D eigenvalue weighted by Gasteiger charge is 2.16. The summed E-state index contributed by atoms with van der Waals surface area (Å²) in [7, 11) is 1.98. The molecule has 2 aromatic rings. The van der Waals surface area contributed by atoms with Crippen molar-refractivity contribution in [2.75, 3.05) is 0 Å². The van der Waals surface area contributed by atoms with Crippen LogP contribution in [-0.4, -0.2) is 14.8 Å². The smallest absolute Gasteiger partial charge is 0.191 e. The van der Waals surface area contributed by atoms with Crippen LogP contribution in [0.25, 0.3) is 0 Å². The summed E-state index contributed by atoms with van der Waals surface area (Å²) in [5.41, 5.74) is 5.74. The highest BCUT2D eigenvalue weighted by molar-refractivity contribution is 7.98. The molecule has 0 aliphatic carbocycles. The number of aryl methyl sites for hydroxylation is 3. The van der Waals surface area contributed by atoms with Crippen molar-refractivity contribution in [2.24, 2.45) is 7.05 Å². The lowest BCUT2D eigenvalue weighted by Crippen LogP contribution is -2.12. The van der Waals surface area contributed by atoms with Gasteiger partial charge in [-0.15, -0.1) is 10.2 Å². The second kappa shape index (κ2) is 5.60. The quantitative estimate of drug-likeness (QED) is 0.800. The minimum Gasteiger partial charge on any atom is -0.312 e. The third-order valence-electron chi connectivity index (χ3n) is 3.58. The van der Waals surface area contributed by atoms with Crippen molar-refractivity contribution < 1.29 is 0 Å². The van der Waals surface area contributed by atoms with E-state index in [9.17, 15) is 0 Å². The Hall–Kier alpha value is -1.29. The van der Waals surface area contributed by atoms with Crippen molar-refractivity contribution in [1.82, 2.24) is 14.8 Å². The number of benzene rings is 1. The molecule has 4 heteroatoms. The fourth-order valence-corrected chi connectivity index (χ4v) is 3.28. The molecule has 0 fully saturated rings. The molecule has 0 bridgehead atoms. The van der Waals surface area contributed by atoms with E-state index in [2.05, 4.69) is 56.9 Å². The van der Waals surface area contributed by atoms with Gasteiger partial charge >= 0.3 is 0 Å². The molecule has 0 radical (unpaired) electrons. The largest absolute Gasteiger partial charge is 0.312 e. The molecule has 0 saturated carbocycles. The maximum absolute atomic E-state index is 4.12. The summed E-state index contributed by atoms with van der Waals surface area (Å²) < 4.78 is 1.96. The number of nitrogens with zero attached hydrogens (tertiary/aromatic N) is 3. The van der Waals surface area contributed by atoms with Gasteiger partial charge in [-0.3, -0.25) is 0 Å². The molecular weight excluding hydrogens is 266 g/mol. The van der Waals surface area contributed by atoms with Crippen molar-refractivity contribution in [3.63, 3.8) is 0 Å². The van der Waals surface area contributed by atoms with Gasteiger partial charge in [-0.2, -0.15) is 0 Å². The van der Waals surface area contributed by atoms with Gasteiger partial charge in [0.15, 0.2) is 5.16 Å². The highest BCUT2D eigenvalue weighted by Crippen LogP contribution is 2.30. The summed E-state index contributed by atoms with van der Waals surface area (Å²) in [6, 6.07) is 4.64. The van der Waals surface area contributed by atoms with E-state index in [0.29, 0.717) is 0 Å². The first-order valence-corrected chi connectivity index (χ1v) is 7.85. The summed E-state index contributed by atoms with van der Waals surface area (Å²) in [4.78, 5) is 0. The minimum absolute atomic E-state index is 0.199. The van der Waals surface area contributed by atoms with Gasteiger partial charge < -0.3 is 4.57 Å². The topological polar surface area (TPSA) is 30.7 Å². The van der Waals surface area contributed by atoms with E-state index < -0.39 is 0 Å². The van der Waals surface area contributed by atoms with Crippen LogP contribution >= 0.6 is 11.8 Å². The molecule has 0 aliphatic heterocycles. The summed E-state index contributed by atoms with van der Waals surface area (Å²) >= 11 is 1.74. The van der Waals surface area contributed by atoms with E-state index >= 15 is 0 Å². The summed E-state index contributed by atoms with van der Waals surface area (Å²) in [5.74, 6) is 0.939. The van der Waals surface area contributed by atoms with E-state index in [1.54, 1.807) is 18.1 Å². The minimum atomic E-state index is 0.199. The second-order valence-corrected chi connectivity index (χ2v) is 7.29. The Balaban J connectivity index is 2.23. The third kappa shape index (κ3) is 3.23. The van der Waals surface area contributed by atoms with E-state index in [4.69, 9.17) is 0 Å². The summed E-state index contributed by atoms with van der Waals surface area (Å²) in [6.45, 7) is 11.2. The Labute approximate surface area is 125 Å². The maximum Gasteiger partial charge on any atom is 0.191 e. The van der Waals surface area contributed by atoms with Crippen molar-refractivity contribution >= 4 is 11.8 Å². The lowest BCUT2D eigenvalue weighted by atomic mass is 9.84. The monoisotopic (exact) mass is 289 g/mol. The molecule has 1 aromatic carbocycles. The predicted octanol–water partition coefficient (Wildman–Crippen LogP) is 4.02. The first kappa shape index (κ1) is 15.1. The van der Waals surface area contributed by atoms with Crippen LogP contribution in [-0.2, 0) is 18.2 Å². The van der Waals surface area contributed by atoms with Crippen molar-refractivity contribution in [2.45, 2.75) is 50.9 Å².